The molecule has 1 aromatic carbocycles. The summed E-state index contributed by atoms with van der Waals surface area (Å²) >= 11 is 0. The molecule has 9 nitrogen and oxygen atoms in total. The van der Waals surface area contributed by atoms with E-state index >= 15 is 0 Å². The van der Waals surface area contributed by atoms with Gasteiger partial charge in [-0.15, -0.1) is 0 Å². The van der Waals surface area contributed by atoms with Gasteiger partial charge in [0, 0.05) is 53.2 Å². The number of amides is 1. The van der Waals surface area contributed by atoms with E-state index in [2.05, 4.69) is 20.4 Å². The van der Waals surface area contributed by atoms with Crippen molar-refractivity contribution in [2.45, 2.75) is 37.8 Å². The molecule has 0 atom stereocenters. The standard InChI is InChI=1S/C24H24N6O3/c1-32-16-8-6-15(7-9-16)29-24-27-12-20-21(17-4-2-3-5-18(17)23(25)31)26-11-19(22(20)30-24)14-10-28-33-13-14/h2-5,10-13,15-16H,6-9H2,1H3,(H2,25,31)(H,27,29,30). The van der Waals surface area contributed by atoms with E-state index < -0.39 is 5.91 Å². The van der Waals surface area contributed by atoms with Gasteiger partial charge in [-0.2, -0.15) is 0 Å². The number of carbonyl (C=O) groups is 1. The van der Waals surface area contributed by atoms with Crippen molar-refractivity contribution in [1.29, 1.82) is 0 Å². The van der Waals surface area contributed by atoms with Crippen LogP contribution in [0.2, 0.25) is 0 Å². The van der Waals surface area contributed by atoms with E-state index in [4.69, 9.17) is 20.0 Å². The summed E-state index contributed by atoms with van der Waals surface area (Å²) in [5.74, 6) is 0.0240. The summed E-state index contributed by atoms with van der Waals surface area (Å²) in [4.78, 5) is 26.1. The maximum atomic E-state index is 12.0. The molecule has 0 saturated heterocycles. The summed E-state index contributed by atoms with van der Waals surface area (Å²) < 4.78 is 10.5. The van der Waals surface area contributed by atoms with E-state index in [1.807, 2.05) is 12.1 Å². The lowest BCUT2D eigenvalue weighted by atomic mass is 9.93. The quantitative estimate of drug-likeness (QED) is 0.459. The van der Waals surface area contributed by atoms with Crippen molar-refractivity contribution in [2.24, 2.45) is 5.73 Å². The number of nitrogens with one attached hydrogen (secondary N) is 1. The SMILES string of the molecule is COC1CCC(Nc2ncc3c(-c4ccccc4C(N)=O)ncc(-c4cnoc4)c3n2)CC1. The monoisotopic (exact) mass is 444 g/mol. The number of nitrogens with two attached hydrogens (primary N) is 1. The average Bonchev–Trinajstić information content (AvgIpc) is 3.38. The van der Waals surface area contributed by atoms with Gasteiger partial charge in [-0.05, 0) is 31.7 Å². The number of hydrogen-bond donors (Lipinski definition) is 2. The summed E-state index contributed by atoms with van der Waals surface area (Å²) in [5.41, 5.74) is 9.43. The first-order valence-electron chi connectivity index (χ1n) is 10.9. The molecule has 3 N–H and O–H groups in total. The lowest BCUT2D eigenvalue weighted by molar-refractivity contribution is 0.0681. The van der Waals surface area contributed by atoms with Gasteiger partial charge in [0.15, 0.2) is 0 Å². The fourth-order valence-corrected chi connectivity index (χ4v) is 4.38. The van der Waals surface area contributed by atoms with Crippen molar-refractivity contribution in [3.05, 3.63) is 54.7 Å². The third kappa shape index (κ3) is 4.14. The topological polar surface area (TPSA) is 129 Å². The summed E-state index contributed by atoms with van der Waals surface area (Å²) in [5, 5.41) is 7.99. The molecule has 3 aromatic heterocycles. The van der Waals surface area contributed by atoms with Crippen LogP contribution in [0.15, 0.2) is 53.6 Å². The Kier molecular flexibility index (Phi) is 5.70. The van der Waals surface area contributed by atoms with Crippen LogP contribution in [0.1, 0.15) is 36.0 Å². The highest BCUT2D eigenvalue weighted by atomic mass is 16.5. The van der Waals surface area contributed by atoms with Gasteiger partial charge < -0.3 is 20.3 Å². The van der Waals surface area contributed by atoms with Crippen molar-refractivity contribution >= 4 is 22.8 Å². The van der Waals surface area contributed by atoms with Crippen LogP contribution >= 0.6 is 0 Å². The molecule has 33 heavy (non-hydrogen) atoms. The summed E-state index contributed by atoms with van der Waals surface area (Å²) in [7, 11) is 1.76. The van der Waals surface area contributed by atoms with E-state index in [1.54, 1.807) is 44.1 Å². The Morgan fingerprint density at radius 2 is 1.91 bits per heavy atom. The first-order valence-corrected chi connectivity index (χ1v) is 10.9. The number of rotatable bonds is 6. The van der Waals surface area contributed by atoms with Crippen molar-refractivity contribution in [3.8, 4) is 22.4 Å². The normalized spacial score (nSPS) is 18.3. The molecule has 9 heteroatoms. The zero-order chi connectivity index (χ0) is 22.8. The van der Waals surface area contributed by atoms with Crippen LogP contribution in [0.25, 0.3) is 33.3 Å². The number of methoxy groups -OCH3 is 1. The Balaban J connectivity index is 1.59. The third-order valence-corrected chi connectivity index (χ3v) is 6.15. The number of pyridine rings is 1. The molecular weight excluding hydrogens is 420 g/mol. The predicted molar refractivity (Wildman–Crippen MR) is 123 cm³/mol. The Hall–Kier alpha value is -3.85. The van der Waals surface area contributed by atoms with Crippen molar-refractivity contribution < 1.29 is 14.1 Å². The van der Waals surface area contributed by atoms with E-state index in [0.717, 1.165) is 36.8 Å². The van der Waals surface area contributed by atoms with Crippen LogP contribution in [-0.2, 0) is 4.74 Å². The van der Waals surface area contributed by atoms with E-state index in [-0.39, 0.29) is 6.04 Å². The number of fused-ring (bicyclic) bond motifs is 1. The number of hydrogen-bond acceptors (Lipinski definition) is 8. The summed E-state index contributed by atoms with van der Waals surface area (Å²) in [6.07, 6.45) is 10.9. The minimum atomic E-state index is -0.519. The number of primary amides is 1. The maximum Gasteiger partial charge on any atom is 0.249 e. The van der Waals surface area contributed by atoms with Gasteiger partial charge in [0.1, 0.15) is 6.26 Å². The number of nitrogens with zero attached hydrogens (tertiary/aromatic N) is 4. The van der Waals surface area contributed by atoms with Crippen molar-refractivity contribution in [2.75, 3.05) is 12.4 Å². The highest BCUT2D eigenvalue weighted by Gasteiger charge is 2.22. The third-order valence-electron chi connectivity index (χ3n) is 6.15. The minimum absolute atomic E-state index is 0.282. The smallest absolute Gasteiger partial charge is 0.249 e. The van der Waals surface area contributed by atoms with Crippen LogP contribution in [0.3, 0.4) is 0 Å². The minimum Gasteiger partial charge on any atom is -0.381 e. The second kappa shape index (κ2) is 8.95. The van der Waals surface area contributed by atoms with Crippen LogP contribution in [0.4, 0.5) is 5.95 Å². The molecule has 3 heterocycles. The Morgan fingerprint density at radius 1 is 1.09 bits per heavy atom. The van der Waals surface area contributed by atoms with E-state index in [1.165, 1.54) is 0 Å². The van der Waals surface area contributed by atoms with Gasteiger partial charge in [-0.1, -0.05) is 23.4 Å². The van der Waals surface area contributed by atoms with Gasteiger partial charge in [0.05, 0.1) is 23.5 Å². The fraction of sp³-hybridized carbons (Fsp3) is 0.292. The first-order chi connectivity index (χ1) is 16.1. The number of benzene rings is 1. The largest absolute Gasteiger partial charge is 0.381 e. The molecule has 1 fully saturated rings. The summed E-state index contributed by atoms with van der Waals surface area (Å²) in [6.45, 7) is 0. The molecule has 1 aliphatic rings. The van der Waals surface area contributed by atoms with Gasteiger partial charge in [-0.3, -0.25) is 9.78 Å². The van der Waals surface area contributed by atoms with Gasteiger partial charge >= 0.3 is 0 Å². The lowest BCUT2D eigenvalue weighted by Crippen LogP contribution is -2.29. The van der Waals surface area contributed by atoms with Crippen LogP contribution in [-0.4, -0.2) is 45.3 Å². The zero-order valence-electron chi connectivity index (χ0n) is 18.2. The number of ether oxygens (including phenoxy) is 1. The highest BCUT2D eigenvalue weighted by molar-refractivity contribution is 6.06. The van der Waals surface area contributed by atoms with E-state index in [9.17, 15) is 4.79 Å². The molecule has 168 valence electrons. The molecule has 0 spiro atoms. The molecule has 5 rings (SSSR count). The van der Waals surface area contributed by atoms with Crippen LogP contribution in [0, 0.1) is 0 Å². The number of carbonyl (C=O) groups excluding carboxylic acids is 1. The van der Waals surface area contributed by atoms with Crippen molar-refractivity contribution in [3.63, 3.8) is 0 Å². The number of anilines is 1. The predicted octanol–water partition coefficient (Wildman–Crippen LogP) is 3.82. The number of aromatic nitrogens is 4. The molecule has 1 aliphatic carbocycles. The Morgan fingerprint density at radius 3 is 2.64 bits per heavy atom. The lowest BCUT2D eigenvalue weighted by Gasteiger charge is -2.28. The summed E-state index contributed by atoms with van der Waals surface area (Å²) in [6, 6.07) is 7.41. The highest BCUT2D eigenvalue weighted by Crippen LogP contribution is 2.34. The molecule has 1 amide bonds. The second-order valence-corrected chi connectivity index (χ2v) is 8.15. The van der Waals surface area contributed by atoms with Gasteiger partial charge in [-0.25, -0.2) is 9.97 Å². The Labute approximate surface area is 190 Å². The molecule has 0 radical (unpaired) electrons. The molecule has 4 aromatic rings. The van der Waals surface area contributed by atoms with Crippen molar-refractivity contribution in [1.82, 2.24) is 20.1 Å². The second-order valence-electron chi connectivity index (χ2n) is 8.15. The zero-order valence-corrected chi connectivity index (χ0v) is 18.2. The van der Waals surface area contributed by atoms with Gasteiger partial charge in [0.2, 0.25) is 11.9 Å². The molecule has 1 saturated carbocycles. The molecular formula is C24H24N6O3. The van der Waals surface area contributed by atoms with Crippen LogP contribution in [0.5, 0.6) is 0 Å². The Bertz CT molecular complexity index is 1280. The van der Waals surface area contributed by atoms with Gasteiger partial charge in [0.25, 0.3) is 0 Å². The average molecular weight is 444 g/mol. The van der Waals surface area contributed by atoms with Crippen LogP contribution < -0.4 is 11.1 Å². The van der Waals surface area contributed by atoms with E-state index in [0.29, 0.717) is 39.8 Å². The molecule has 0 aliphatic heterocycles. The first kappa shape index (κ1) is 21.0. The fourth-order valence-electron chi connectivity index (χ4n) is 4.38. The molecule has 0 unspecified atom stereocenters. The maximum absolute atomic E-state index is 12.0. The molecule has 0 bridgehead atoms.